The van der Waals surface area contributed by atoms with Crippen LogP contribution in [0.4, 0.5) is 11.6 Å². The van der Waals surface area contributed by atoms with Crippen molar-refractivity contribution >= 4 is 34.8 Å². The summed E-state index contributed by atoms with van der Waals surface area (Å²) in [4.78, 5) is 6.87. The smallest absolute Gasteiger partial charge is 0.147 e. The van der Waals surface area contributed by atoms with Crippen molar-refractivity contribution in [3.8, 4) is 0 Å². The number of nitrogens with one attached hydrogen (secondary N) is 2. The topological polar surface area (TPSA) is 40.2 Å². The minimum Gasteiger partial charge on any atom is -0.369 e. The molecule has 1 saturated heterocycles. The quantitative estimate of drug-likeness (QED) is 0.846. The highest BCUT2D eigenvalue weighted by atomic mass is 35.5. The standard InChI is InChI=1S/C13H20Cl2N4/c1-2-16-12-10(14)9-11(15)13(18-12)17-5-8-19-6-3-4-7-19/h9H,2-8H2,1H3,(H2,16,17,18). The van der Waals surface area contributed by atoms with E-state index in [0.29, 0.717) is 21.7 Å². The second-order valence-corrected chi connectivity index (χ2v) is 5.47. The first kappa shape index (κ1) is 14.7. The molecule has 2 N–H and O–H groups in total. The normalized spacial score (nSPS) is 15.7. The second-order valence-electron chi connectivity index (χ2n) is 4.66. The van der Waals surface area contributed by atoms with Crippen molar-refractivity contribution in [1.82, 2.24) is 9.88 Å². The Morgan fingerprint density at radius 2 is 1.79 bits per heavy atom. The number of hydrogen-bond donors (Lipinski definition) is 2. The number of hydrogen-bond acceptors (Lipinski definition) is 4. The maximum atomic E-state index is 6.15. The highest BCUT2D eigenvalue weighted by Gasteiger charge is 2.12. The van der Waals surface area contributed by atoms with Crippen molar-refractivity contribution in [2.75, 3.05) is 43.4 Å². The monoisotopic (exact) mass is 302 g/mol. The third kappa shape index (κ3) is 4.13. The predicted octanol–water partition coefficient (Wildman–Crippen LogP) is 3.33. The summed E-state index contributed by atoms with van der Waals surface area (Å²) in [5, 5.41) is 7.52. The van der Waals surface area contributed by atoms with E-state index in [1.807, 2.05) is 6.92 Å². The summed E-state index contributed by atoms with van der Waals surface area (Å²) in [7, 11) is 0. The number of rotatable bonds is 6. The lowest BCUT2D eigenvalue weighted by atomic mass is 10.4. The highest BCUT2D eigenvalue weighted by molar-refractivity contribution is 6.37. The molecular weight excluding hydrogens is 283 g/mol. The van der Waals surface area contributed by atoms with Crippen molar-refractivity contribution in [1.29, 1.82) is 0 Å². The number of pyridine rings is 1. The van der Waals surface area contributed by atoms with Crippen LogP contribution in [-0.2, 0) is 0 Å². The van der Waals surface area contributed by atoms with Crippen LogP contribution in [0.25, 0.3) is 0 Å². The third-order valence-electron chi connectivity index (χ3n) is 3.19. The molecule has 0 bridgehead atoms. The van der Waals surface area contributed by atoms with Crippen molar-refractivity contribution in [2.24, 2.45) is 0 Å². The number of nitrogens with zero attached hydrogens (tertiary/aromatic N) is 2. The molecule has 1 aromatic rings. The van der Waals surface area contributed by atoms with Crippen LogP contribution < -0.4 is 10.6 Å². The van der Waals surface area contributed by atoms with E-state index in [-0.39, 0.29) is 0 Å². The van der Waals surface area contributed by atoms with E-state index in [9.17, 15) is 0 Å². The fraction of sp³-hybridized carbons (Fsp3) is 0.615. The van der Waals surface area contributed by atoms with Gasteiger partial charge in [-0.2, -0.15) is 0 Å². The second kappa shape index (κ2) is 7.17. The van der Waals surface area contributed by atoms with Gasteiger partial charge in [-0.1, -0.05) is 23.2 Å². The van der Waals surface area contributed by atoms with E-state index in [0.717, 1.165) is 19.6 Å². The lowest BCUT2D eigenvalue weighted by molar-refractivity contribution is 0.352. The lowest BCUT2D eigenvalue weighted by Crippen LogP contribution is -2.26. The van der Waals surface area contributed by atoms with Gasteiger partial charge in [-0.25, -0.2) is 4.98 Å². The van der Waals surface area contributed by atoms with E-state index in [2.05, 4.69) is 20.5 Å². The summed E-state index contributed by atoms with van der Waals surface area (Å²) < 4.78 is 0. The minimum atomic E-state index is 0.553. The molecule has 2 heterocycles. The molecule has 0 saturated carbocycles. The first-order chi connectivity index (χ1) is 9.20. The Morgan fingerprint density at radius 1 is 1.16 bits per heavy atom. The van der Waals surface area contributed by atoms with E-state index in [1.165, 1.54) is 25.9 Å². The SMILES string of the molecule is CCNc1nc(NCCN2CCCC2)c(Cl)cc1Cl. The molecule has 1 aliphatic heterocycles. The van der Waals surface area contributed by atoms with Crippen LogP contribution in [0.1, 0.15) is 19.8 Å². The van der Waals surface area contributed by atoms with E-state index in [4.69, 9.17) is 23.2 Å². The maximum absolute atomic E-state index is 6.15. The van der Waals surface area contributed by atoms with Crippen LogP contribution in [0.3, 0.4) is 0 Å². The van der Waals surface area contributed by atoms with Gasteiger partial charge in [0.1, 0.15) is 11.6 Å². The molecule has 19 heavy (non-hydrogen) atoms. The Balaban J connectivity index is 1.92. The number of anilines is 2. The van der Waals surface area contributed by atoms with Gasteiger partial charge in [-0.05, 0) is 38.9 Å². The van der Waals surface area contributed by atoms with Gasteiger partial charge in [0.15, 0.2) is 0 Å². The zero-order valence-corrected chi connectivity index (χ0v) is 12.7. The molecule has 0 amide bonds. The Labute approximate surface area is 124 Å². The highest BCUT2D eigenvalue weighted by Crippen LogP contribution is 2.28. The van der Waals surface area contributed by atoms with Gasteiger partial charge in [0.2, 0.25) is 0 Å². The van der Waals surface area contributed by atoms with Crippen molar-refractivity contribution < 1.29 is 0 Å². The van der Waals surface area contributed by atoms with Crippen LogP contribution in [0, 0.1) is 0 Å². The van der Waals surface area contributed by atoms with Gasteiger partial charge in [0.05, 0.1) is 10.0 Å². The predicted molar refractivity (Wildman–Crippen MR) is 82.6 cm³/mol. The molecule has 4 nitrogen and oxygen atoms in total. The molecule has 106 valence electrons. The fourth-order valence-electron chi connectivity index (χ4n) is 2.22. The molecule has 1 aromatic heterocycles. The fourth-order valence-corrected chi connectivity index (χ4v) is 2.71. The van der Waals surface area contributed by atoms with Crippen LogP contribution in [0.2, 0.25) is 10.0 Å². The summed E-state index contributed by atoms with van der Waals surface area (Å²) in [5.74, 6) is 1.37. The van der Waals surface area contributed by atoms with Gasteiger partial charge >= 0.3 is 0 Å². The van der Waals surface area contributed by atoms with Crippen molar-refractivity contribution in [3.63, 3.8) is 0 Å². The first-order valence-electron chi connectivity index (χ1n) is 6.77. The molecule has 1 fully saturated rings. The number of aromatic nitrogens is 1. The van der Waals surface area contributed by atoms with Gasteiger partial charge in [-0.3, -0.25) is 0 Å². The Kier molecular flexibility index (Phi) is 5.55. The zero-order chi connectivity index (χ0) is 13.7. The molecule has 0 aromatic carbocycles. The minimum absolute atomic E-state index is 0.553. The summed E-state index contributed by atoms with van der Waals surface area (Å²) in [5.41, 5.74) is 0. The van der Waals surface area contributed by atoms with Gasteiger partial charge in [-0.15, -0.1) is 0 Å². The molecule has 0 radical (unpaired) electrons. The average molecular weight is 303 g/mol. The molecule has 1 aliphatic rings. The molecule has 0 unspecified atom stereocenters. The summed E-state index contributed by atoms with van der Waals surface area (Å²) in [6, 6.07) is 1.73. The summed E-state index contributed by atoms with van der Waals surface area (Å²) in [6.07, 6.45) is 2.62. The summed E-state index contributed by atoms with van der Waals surface area (Å²) >= 11 is 12.2. The van der Waals surface area contributed by atoms with Gasteiger partial charge in [0, 0.05) is 19.6 Å². The van der Waals surface area contributed by atoms with Crippen LogP contribution in [-0.4, -0.2) is 42.6 Å². The number of likely N-dealkylation sites (tertiary alicyclic amines) is 1. The van der Waals surface area contributed by atoms with E-state index >= 15 is 0 Å². The molecular formula is C13H20Cl2N4. The largest absolute Gasteiger partial charge is 0.369 e. The Morgan fingerprint density at radius 3 is 2.42 bits per heavy atom. The number of halogens is 2. The van der Waals surface area contributed by atoms with Gasteiger partial charge in [0.25, 0.3) is 0 Å². The molecule has 0 aliphatic carbocycles. The Hall–Kier alpha value is -0.710. The van der Waals surface area contributed by atoms with Gasteiger partial charge < -0.3 is 15.5 Å². The Bertz CT molecular complexity index is 419. The average Bonchev–Trinajstić information content (AvgIpc) is 2.88. The molecule has 6 heteroatoms. The molecule has 0 atom stereocenters. The van der Waals surface area contributed by atoms with Crippen molar-refractivity contribution in [3.05, 3.63) is 16.1 Å². The third-order valence-corrected chi connectivity index (χ3v) is 3.77. The molecule has 2 rings (SSSR count). The first-order valence-corrected chi connectivity index (χ1v) is 7.52. The maximum Gasteiger partial charge on any atom is 0.147 e. The van der Waals surface area contributed by atoms with Crippen LogP contribution in [0.5, 0.6) is 0 Å². The van der Waals surface area contributed by atoms with Crippen LogP contribution in [0.15, 0.2) is 6.07 Å². The van der Waals surface area contributed by atoms with Crippen LogP contribution >= 0.6 is 23.2 Å². The zero-order valence-electron chi connectivity index (χ0n) is 11.2. The summed E-state index contributed by atoms with van der Waals surface area (Å²) in [6.45, 7) is 7.06. The molecule has 0 spiro atoms. The van der Waals surface area contributed by atoms with E-state index < -0.39 is 0 Å². The van der Waals surface area contributed by atoms with Crippen molar-refractivity contribution in [2.45, 2.75) is 19.8 Å². The lowest BCUT2D eigenvalue weighted by Gasteiger charge is -2.16. The van der Waals surface area contributed by atoms with E-state index in [1.54, 1.807) is 6.07 Å².